The topological polar surface area (TPSA) is 50.9 Å². The van der Waals surface area contributed by atoms with E-state index >= 15 is 0 Å². The highest BCUT2D eigenvalue weighted by Gasteiger charge is 2.25. The van der Waals surface area contributed by atoms with E-state index in [-0.39, 0.29) is 0 Å². The number of phenols is 1. The molecule has 4 rings (SSSR count). The van der Waals surface area contributed by atoms with Gasteiger partial charge in [0.2, 0.25) is 0 Å². The van der Waals surface area contributed by atoms with Crippen LogP contribution in [0.2, 0.25) is 0 Å². The minimum absolute atomic E-state index is 0.299. The maximum absolute atomic E-state index is 9.40. The summed E-state index contributed by atoms with van der Waals surface area (Å²) in [5.41, 5.74) is 3.12. The number of imidazole rings is 1. The second kappa shape index (κ2) is 4.88. The van der Waals surface area contributed by atoms with Gasteiger partial charge in [-0.2, -0.15) is 0 Å². The van der Waals surface area contributed by atoms with Crippen LogP contribution in [0.5, 0.6) is 5.75 Å². The second-order valence-electron chi connectivity index (χ2n) is 5.67. The van der Waals surface area contributed by atoms with E-state index in [9.17, 15) is 5.11 Å². The minimum atomic E-state index is 0.299. The zero-order valence-electron chi connectivity index (χ0n) is 11.7. The molecule has 1 fully saturated rings. The van der Waals surface area contributed by atoms with Crippen LogP contribution < -0.4 is 0 Å². The Morgan fingerprint density at radius 3 is 2.67 bits per heavy atom. The number of hydrogen-bond acceptors (Lipinski definition) is 3. The number of aromatic hydroxyl groups is 1. The number of phenolic OH excluding ortho intramolecular Hbond substituents is 1. The molecule has 0 saturated heterocycles. The van der Waals surface area contributed by atoms with Gasteiger partial charge in [0, 0.05) is 18.7 Å². The van der Waals surface area contributed by atoms with Crippen LogP contribution in [-0.2, 0) is 6.42 Å². The molecule has 0 atom stereocenters. The highest BCUT2D eigenvalue weighted by Crippen LogP contribution is 2.35. The number of aromatic nitrogens is 3. The first-order valence-electron chi connectivity index (χ1n) is 7.41. The highest BCUT2D eigenvalue weighted by atomic mass is 16.3. The van der Waals surface area contributed by atoms with Gasteiger partial charge in [-0.1, -0.05) is 12.1 Å². The minimum Gasteiger partial charge on any atom is -0.508 e. The highest BCUT2D eigenvalue weighted by molar-refractivity contribution is 5.71. The average molecular weight is 279 g/mol. The Kier molecular flexibility index (Phi) is 2.88. The molecule has 0 spiro atoms. The molecule has 0 amide bonds. The fraction of sp³-hybridized carbons (Fsp3) is 0.294. The van der Waals surface area contributed by atoms with Crippen LogP contribution in [0.25, 0.3) is 11.2 Å². The van der Waals surface area contributed by atoms with Gasteiger partial charge in [-0.15, -0.1) is 0 Å². The summed E-state index contributed by atoms with van der Waals surface area (Å²) in [5, 5.41) is 9.40. The first-order valence-corrected chi connectivity index (χ1v) is 7.41. The fourth-order valence-electron chi connectivity index (χ4n) is 2.93. The van der Waals surface area contributed by atoms with Crippen LogP contribution in [0, 0.1) is 0 Å². The maximum atomic E-state index is 9.40. The maximum Gasteiger partial charge on any atom is 0.160 e. The van der Waals surface area contributed by atoms with Crippen molar-refractivity contribution in [1.82, 2.24) is 14.5 Å². The molecule has 0 unspecified atom stereocenters. The Labute approximate surface area is 123 Å². The third kappa shape index (κ3) is 2.17. The van der Waals surface area contributed by atoms with E-state index in [1.165, 1.54) is 19.3 Å². The van der Waals surface area contributed by atoms with Crippen molar-refractivity contribution < 1.29 is 5.11 Å². The van der Waals surface area contributed by atoms with Crippen molar-refractivity contribution in [2.24, 2.45) is 0 Å². The Morgan fingerprint density at radius 1 is 1.14 bits per heavy atom. The zero-order chi connectivity index (χ0) is 14.2. The number of pyridine rings is 1. The van der Waals surface area contributed by atoms with Gasteiger partial charge in [0.25, 0.3) is 0 Å². The van der Waals surface area contributed by atoms with Gasteiger partial charge in [-0.05, 0) is 49.1 Å². The van der Waals surface area contributed by atoms with Crippen LogP contribution in [0.15, 0.2) is 42.6 Å². The van der Waals surface area contributed by atoms with Gasteiger partial charge in [-0.25, -0.2) is 9.97 Å². The lowest BCUT2D eigenvalue weighted by Crippen LogP contribution is -2.19. The summed E-state index contributed by atoms with van der Waals surface area (Å²) < 4.78 is 2.31. The third-order valence-electron chi connectivity index (χ3n) is 4.26. The molecule has 21 heavy (non-hydrogen) atoms. The van der Waals surface area contributed by atoms with E-state index in [0.717, 1.165) is 29.0 Å². The number of rotatable bonds is 3. The van der Waals surface area contributed by atoms with Gasteiger partial charge in [0.15, 0.2) is 5.65 Å². The zero-order valence-corrected chi connectivity index (χ0v) is 11.7. The normalized spacial score (nSPS) is 15.2. The van der Waals surface area contributed by atoms with E-state index in [0.29, 0.717) is 11.8 Å². The van der Waals surface area contributed by atoms with Crippen LogP contribution in [0.3, 0.4) is 0 Å². The summed E-state index contributed by atoms with van der Waals surface area (Å²) in [6, 6.07) is 11.9. The van der Waals surface area contributed by atoms with E-state index in [4.69, 9.17) is 4.98 Å². The summed E-state index contributed by atoms with van der Waals surface area (Å²) in [5.74, 6) is 1.37. The van der Waals surface area contributed by atoms with Crippen LogP contribution in [0.4, 0.5) is 0 Å². The first-order chi connectivity index (χ1) is 10.3. The van der Waals surface area contributed by atoms with E-state index in [1.54, 1.807) is 12.1 Å². The van der Waals surface area contributed by atoms with Crippen molar-refractivity contribution in [3.63, 3.8) is 0 Å². The van der Waals surface area contributed by atoms with Crippen LogP contribution in [-0.4, -0.2) is 19.6 Å². The predicted molar refractivity (Wildman–Crippen MR) is 81.3 cm³/mol. The van der Waals surface area contributed by atoms with Gasteiger partial charge < -0.3 is 9.67 Å². The second-order valence-corrected chi connectivity index (χ2v) is 5.67. The van der Waals surface area contributed by atoms with Crippen LogP contribution in [0.1, 0.15) is 36.7 Å². The predicted octanol–water partition coefficient (Wildman–Crippen LogP) is 3.45. The average Bonchev–Trinajstić information content (AvgIpc) is 2.78. The van der Waals surface area contributed by atoms with E-state index in [2.05, 4.69) is 9.55 Å². The summed E-state index contributed by atoms with van der Waals surface area (Å²) in [6.07, 6.45) is 6.32. The van der Waals surface area contributed by atoms with Crippen molar-refractivity contribution in [3.8, 4) is 5.75 Å². The molecule has 4 nitrogen and oxygen atoms in total. The van der Waals surface area contributed by atoms with E-state index < -0.39 is 0 Å². The van der Waals surface area contributed by atoms with Crippen LogP contribution >= 0.6 is 0 Å². The third-order valence-corrected chi connectivity index (χ3v) is 4.26. The summed E-state index contributed by atoms with van der Waals surface area (Å²) >= 11 is 0. The molecule has 2 heterocycles. The van der Waals surface area contributed by atoms with Crippen molar-refractivity contribution in [3.05, 3.63) is 54.0 Å². The van der Waals surface area contributed by atoms with Crippen molar-refractivity contribution in [2.45, 2.75) is 31.7 Å². The molecule has 1 aliphatic carbocycles. The molecule has 3 aromatic rings. The smallest absolute Gasteiger partial charge is 0.160 e. The number of fused-ring (bicyclic) bond motifs is 1. The number of nitrogens with zero attached hydrogens (tertiary/aromatic N) is 3. The Bertz CT molecular complexity index is 772. The SMILES string of the molecule is Oc1ccc(Cc2nc3cccnc3n2C2CCC2)cc1. The quantitative estimate of drug-likeness (QED) is 0.799. The van der Waals surface area contributed by atoms with Crippen molar-refractivity contribution >= 4 is 11.2 Å². The molecule has 1 aromatic carbocycles. The molecule has 0 bridgehead atoms. The fourth-order valence-corrected chi connectivity index (χ4v) is 2.93. The molecule has 1 aliphatic rings. The molecule has 106 valence electrons. The molecule has 2 aromatic heterocycles. The summed E-state index contributed by atoms with van der Waals surface area (Å²) in [4.78, 5) is 9.29. The molecular weight excluding hydrogens is 262 g/mol. The van der Waals surface area contributed by atoms with E-state index in [1.807, 2.05) is 30.5 Å². The Morgan fingerprint density at radius 2 is 1.95 bits per heavy atom. The van der Waals surface area contributed by atoms with Gasteiger partial charge in [0.05, 0.1) is 0 Å². The molecular formula is C17H17N3O. The lowest BCUT2D eigenvalue weighted by molar-refractivity contribution is 0.313. The van der Waals surface area contributed by atoms with Gasteiger partial charge >= 0.3 is 0 Å². The molecule has 1 N–H and O–H groups in total. The number of benzene rings is 1. The monoisotopic (exact) mass is 279 g/mol. The van der Waals surface area contributed by atoms with Gasteiger partial charge in [-0.3, -0.25) is 0 Å². The standard InChI is InChI=1S/C17H17N3O/c21-14-8-6-12(7-9-14)11-16-19-15-5-2-10-18-17(15)20(16)13-3-1-4-13/h2,5-10,13,21H,1,3-4,11H2. The summed E-state index contributed by atoms with van der Waals surface area (Å²) in [7, 11) is 0. The Hall–Kier alpha value is -2.36. The van der Waals surface area contributed by atoms with Gasteiger partial charge in [0.1, 0.15) is 17.1 Å². The molecule has 0 aliphatic heterocycles. The lowest BCUT2D eigenvalue weighted by atomic mass is 9.92. The largest absolute Gasteiger partial charge is 0.508 e. The molecule has 1 saturated carbocycles. The first kappa shape index (κ1) is 12.4. The lowest BCUT2D eigenvalue weighted by Gasteiger charge is -2.28. The molecule has 4 heteroatoms. The van der Waals surface area contributed by atoms with Crippen molar-refractivity contribution in [1.29, 1.82) is 0 Å². The number of hydrogen-bond donors (Lipinski definition) is 1. The summed E-state index contributed by atoms with van der Waals surface area (Å²) in [6.45, 7) is 0. The van der Waals surface area contributed by atoms with Crippen molar-refractivity contribution in [2.75, 3.05) is 0 Å². The Balaban J connectivity index is 1.78. The molecule has 0 radical (unpaired) electrons.